The maximum atomic E-state index is 10.9. The van der Waals surface area contributed by atoms with Crippen LogP contribution in [0.5, 0.6) is 5.75 Å². The van der Waals surface area contributed by atoms with E-state index in [2.05, 4.69) is 6.07 Å². The van der Waals surface area contributed by atoms with Gasteiger partial charge in [0, 0.05) is 10.5 Å². The van der Waals surface area contributed by atoms with Crippen molar-refractivity contribution < 1.29 is 14.6 Å². The molecule has 0 aliphatic rings. The van der Waals surface area contributed by atoms with Crippen LogP contribution < -0.4 is 10.5 Å². The van der Waals surface area contributed by atoms with E-state index in [0.29, 0.717) is 17.1 Å². The molecule has 0 heterocycles. The van der Waals surface area contributed by atoms with E-state index < -0.39 is 16.8 Å². The standard InChI is InChI=1S/C14H18N2O3S/c1-14(2,12(16)13(17)18)20-8-9-4-5-11(19-3)10(6-9)7-15/h4-6,12H,8,16H2,1-3H3,(H,17,18)/t12-/m0/s1. The van der Waals surface area contributed by atoms with Crippen LogP contribution in [0.15, 0.2) is 18.2 Å². The smallest absolute Gasteiger partial charge is 0.321 e. The topological polar surface area (TPSA) is 96.3 Å². The van der Waals surface area contributed by atoms with E-state index in [1.165, 1.54) is 18.9 Å². The average molecular weight is 294 g/mol. The number of thioether (sulfide) groups is 1. The van der Waals surface area contributed by atoms with Crippen molar-refractivity contribution in [3.63, 3.8) is 0 Å². The number of rotatable bonds is 6. The van der Waals surface area contributed by atoms with E-state index in [1.54, 1.807) is 26.0 Å². The monoisotopic (exact) mass is 294 g/mol. The molecule has 1 rings (SSSR count). The molecule has 108 valence electrons. The molecule has 6 heteroatoms. The highest BCUT2D eigenvalue weighted by atomic mass is 32.2. The molecule has 3 N–H and O–H groups in total. The van der Waals surface area contributed by atoms with Crippen LogP contribution >= 0.6 is 11.8 Å². The lowest BCUT2D eigenvalue weighted by molar-refractivity contribution is -0.139. The van der Waals surface area contributed by atoms with Gasteiger partial charge in [-0.2, -0.15) is 5.26 Å². The van der Waals surface area contributed by atoms with Crippen molar-refractivity contribution in [1.82, 2.24) is 0 Å². The molecule has 0 aromatic heterocycles. The Morgan fingerprint density at radius 3 is 2.75 bits per heavy atom. The summed E-state index contributed by atoms with van der Waals surface area (Å²) in [6, 6.07) is 6.46. The fourth-order valence-corrected chi connectivity index (χ4v) is 2.59. The van der Waals surface area contributed by atoms with Gasteiger partial charge in [-0.15, -0.1) is 11.8 Å². The second-order valence-corrected chi connectivity index (χ2v) is 6.48. The number of carbonyl (C=O) groups is 1. The highest BCUT2D eigenvalue weighted by molar-refractivity contribution is 7.99. The number of aliphatic carboxylic acids is 1. The van der Waals surface area contributed by atoms with Gasteiger partial charge in [0.1, 0.15) is 17.9 Å². The van der Waals surface area contributed by atoms with Gasteiger partial charge in [0.2, 0.25) is 0 Å². The maximum absolute atomic E-state index is 10.9. The molecule has 0 aliphatic heterocycles. The van der Waals surface area contributed by atoms with E-state index in [1.807, 2.05) is 6.07 Å². The predicted octanol–water partition coefficient (Wildman–Crippen LogP) is 1.99. The first-order valence-electron chi connectivity index (χ1n) is 6.01. The van der Waals surface area contributed by atoms with Crippen molar-refractivity contribution in [3.8, 4) is 11.8 Å². The van der Waals surface area contributed by atoms with E-state index in [4.69, 9.17) is 20.8 Å². The minimum absolute atomic E-state index is 0.464. The molecule has 0 saturated carbocycles. The molecule has 0 unspecified atom stereocenters. The van der Waals surface area contributed by atoms with Gasteiger partial charge in [0.25, 0.3) is 0 Å². The third-order valence-corrected chi connectivity index (χ3v) is 4.49. The summed E-state index contributed by atoms with van der Waals surface area (Å²) < 4.78 is 4.48. The maximum Gasteiger partial charge on any atom is 0.321 e. The molecule has 0 aliphatic carbocycles. The summed E-state index contributed by atoms with van der Waals surface area (Å²) in [6.45, 7) is 3.59. The minimum Gasteiger partial charge on any atom is -0.495 e. The van der Waals surface area contributed by atoms with E-state index >= 15 is 0 Å². The van der Waals surface area contributed by atoms with Gasteiger partial charge in [-0.1, -0.05) is 6.07 Å². The molecule has 1 atom stereocenters. The zero-order chi connectivity index (χ0) is 15.3. The molecular weight excluding hydrogens is 276 g/mol. The van der Waals surface area contributed by atoms with E-state index in [9.17, 15) is 4.79 Å². The van der Waals surface area contributed by atoms with Gasteiger partial charge in [0.15, 0.2) is 0 Å². The van der Waals surface area contributed by atoms with Crippen LogP contribution in [0.4, 0.5) is 0 Å². The lowest BCUT2D eigenvalue weighted by atomic mass is 10.1. The number of benzene rings is 1. The summed E-state index contributed by atoms with van der Waals surface area (Å²) in [5, 5.41) is 18.0. The molecule has 20 heavy (non-hydrogen) atoms. The lowest BCUT2D eigenvalue weighted by Gasteiger charge is -2.28. The van der Waals surface area contributed by atoms with Crippen molar-refractivity contribution in [2.75, 3.05) is 7.11 Å². The Kier molecular flexibility index (Phi) is 5.43. The number of methoxy groups -OCH3 is 1. The van der Waals surface area contributed by atoms with Crippen LogP contribution in [0.25, 0.3) is 0 Å². The zero-order valence-corrected chi connectivity index (χ0v) is 12.5. The number of hydrogen-bond acceptors (Lipinski definition) is 5. The quantitative estimate of drug-likeness (QED) is 0.833. The first-order chi connectivity index (χ1) is 9.31. The van der Waals surface area contributed by atoms with Gasteiger partial charge in [-0.3, -0.25) is 4.79 Å². The Labute approximate surface area is 122 Å². The molecule has 1 aromatic rings. The Balaban J connectivity index is 2.81. The number of nitriles is 1. The summed E-state index contributed by atoms with van der Waals surface area (Å²) in [5.41, 5.74) is 7.06. The van der Waals surface area contributed by atoms with E-state index in [-0.39, 0.29) is 0 Å². The van der Waals surface area contributed by atoms with Crippen molar-refractivity contribution in [1.29, 1.82) is 5.26 Å². The van der Waals surface area contributed by atoms with Crippen LogP contribution in [0.3, 0.4) is 0 Å². The number of carboxylic acids is 1. The number of carboxylic acid groups (broad SMARTS) is 1. The normalized spacial score (nSPS) is 12.6. The number of nitrogens with zero attached hydrogens (tertiary/aromatic N) is 1. The summed E-state index contributed by atoms with van der Waals surface area (Å²) >= 11 is 1.44. The second-order valence-electron chi connectivity index (χ2n) is 4.85. The third kappa shape index (κ3) is 3.89. The lowest BCUT2D eigenvalue weighted by Crippen LogP contribution is -2.46. The van der Waals surface area contributed by atoms with Crippen LogP contribution in [0.1, 0.15) is 25.0 Å². The molecule has 0 radical (unpaired) electrons. The van der Waals surface area contributed by atoms with Gasteiger partial charge >= 0.3 is 5.97 Å². The van der Waals surface area contributed by atoms with E-state index in [0.717, 1.165) is 5.56 Å². The first kappa shape index (κ1) is 16.3. The van der Waals surface area contributed by atoms with Crippen molar-refractivity contribution in [2.45, 2.75) is 30.4 Å². The summed E-state index contributed by atoms with van der Waals surface area (Å²) in [4.78, 5) is 10.9. The Morgan fingerprint density at radius 2 is 2.25 bits per heavy atom. The second kappa shape index (κ2) is 6.64. The SMILES string of the molecule is COc1ccc(CSC(C)(C)[C@@H](N)C(=O)O)cc1C#N. The van der Waals surface area contributed by atoms with Gasteiger partial charge < -0.3 is 15.6 Å². The van der Waals surface area contributed by atoms with Crippen molar-refractivity contribution >= 4 is 17.7 Å². The highest BCUT2D eigenvalue weighted by Crippen LogP contribution is 2.31. The molecule has 0 fully saturated rings. The number of ether oxygens (including phenoxy) is 1. The Morgan fingerprint density at radius 1 is 1.60 bits per heavy atom. The molecule has 0 bridgehead atoms. The summed E-state index contributed by atoms with van der Waals surface area (Å²) in [7, 11) is 1.51. The molecular formula is C14H18N2O3S. The Bertz CT molecular complexity index is 538. The number of nitrogens with two attached hydrogens (primary N) is 1. The van der Waals surface area contributed by atoms with Crippen molar-refractivity contribution in [3.05, 3.63) is 29.3 Å². The molecule has 5 nitrogen and oxygen atoms in total. The van der Waals surface area contributed by atoms with Gasteiger partial charge in [-0.05, 0) is 31.5 Å². The number of hydrogen-bond donors (Lipinski definition) is 2. The van der Waals surface area contributed by atoms with Gasteiger partial charge in [-0.25, -0.2) is 0 Å². The molecule has 0 saturated heterocycles. The van der Waals surface area contributed by atoms with Crippen LogP contribution in [0, 0.1) is 11.3 Å². The summed E-state index contributed by atoms with van der Waals surface area (Å²) in [5.74, 6) is 0.0878. The minimum atomic E-state index is -1.02. The average Bonchev–Trinajstić information content (AvgIpc) is 2.43. The fraction of sp³-hybridized carbons (Fsp3) is 0.429. The van der Waals surface area contributed by atoms with Crippen molar-refractivity contribution in [2.24, 2.45) is 5.73 Å². The molecule has 0 spiro atoms. The fourth-order valence-electron chi connectivity index (χ4n) is 1.59. The summed E-state index contributed by atoms with van der Waals surface area (Å²) in [6.07, 6.45) is 0. The first-order valence-corrected chi connectivity index (χ1v) is 6.99. The Hall–Kier alpha value is -1.71. The molecule has 1 aromatic carbocycles. The van der Waals surface area contributed by atoms with Gasteiger partial charge in [0.05, 0.1) is 12.7 Å². The van der Waals surface area contributed by atoms with Crippen LogP contribution in [0.2, 0.25) is 0 Å². The molecule has 0 amide bonds. The third-order valence-electron chi connectivity index (χ3n) is 3.01. The predicted molar refractivity (Wildman–Crippen MR) is 78.7 cm³/mol. The van der Waals surface area contributed by atoms with Crippen LogP contribution in [-0.2, 0) is 10.5 Å². The van der Waals surface area contributed by atoms with Crippen LogP contribution in [-0.4, -0.2) is 29.0 Å². The largest absolute Gasteiger partial charge is 0.495 e. The highest BCUT2D eigenvalue weighted by Gasteiger charge is 2.32. The zero-order valence-electron chi connectivity index (χ0n) is 11.7.